The summed E-state index contributed by atoms with van der Waals surface area (Å²) >= 11 is 0. The van der Waals surface area contributed by atoms with Crippen LogP contribution in [0.1, 0.15) is 58.3 Å². The van der Waals surface area contributed by atoms with Crippen LogP contribution in [-0.4, -0.2) is 6.04 Å². The highest BCUT2D eigenvalue weighted by Crippen LogP contribution is 2.08. The van der Waals surface area contributed by atoms with Gasteiger partial charge in [0.15, 0.2) is 0 Å². The molecule has 0 saturated heterocycles. The van der Waals surface area contributed by atoms with E-state index in [2.05, 4.69) is 12.8 Å². The van der Waals surface area contributed by atoms with Crippen LogP contribution in [0.4, 0.5) is 0 Å². The molecule has 0 aliphatic rings. The topological polar surface area (TPSA) is 26.0 Å². The summed E-state index contributed by atoms with van der Waals surface area (Å²) in [5.74, 6) is 2.63. The summed E-state index contributed by atoms with van der Waals surface area (Å²) in [5, 5.41) is 0. The Morgan fingerprint density at radius 1 is 1.15 bits per heavy atom. The highest BCUT2D eigenvalue weighted by atomic mass is 14.6. The monoisotopic (exact) mass is 181 g/mol. The third-order valence-corrected chi connectivity index (χ3v) is 2.34. The first kappa shape index (κ1) is 12.5. The SMILES string of the molecule is C#CCCC(N)CCCCCCC. The molecular formula is C12H23N. The molecule has 0 saturated carbocycles. The van der Waals surface area contributed by atoms with Crippen molar-refractivity contribution in [2.24, 2.45) is 5.73 Å². The average Bonchev–Trinajstić information content (AvgIpc) is 2.14. The zero-order chi connectivity index (χ0) is 9.94. The van der Waals surface area contributed by atoms with Crippen molar-refractivity contribution in [1.82, 2.24) is 0 Å². The van der Waals surface area contributed by atoms with Crippen LogP contribution in [0.2, 0.25) is 0 Å². The molecule has 1 nitrogen and oxygen atoms in total. The number of rotatable bonds is 8. The summed E-state index contributed by atoms with van der Waals surface area (Å²) in [5.41, 5.74) is 5.88. The smallest absolute Gasteiger partial charge is 0.0101 e. The van der Waals surface area contributed by atoms with E-state index in [1.165, 1.54) is 32.1 Å². The maximum atomic E-state index is 5.88. The molecule has 76 valence electrons. The second-order valence-electron chi connectivity index (χ2n) is 3.71. The molecule has 0 aromatic carbocycles. The van der Waals surface area contributed by atoms with Crippen molar-refractivity contribution >= 4 is 0 Å². The molecule has 0 amide bonds. The van der Waals surface area contributed by atoms with Gasteiger partial charge in [-0.25, -0.2) is 0 Å². The highest BCUT2D eigenvalue weighted by Gasteiger charge is 2.00. The Kier molecular flexibility index (Phi) is 9.25. The summed E-state index contributed by atoms with van der Waals surface area (Å²) in [4.78, 5) is 0. The van der Waals surface area contributed by atoms with Gasteiger partial charge in [0.2, 0.25) is 0 Å². The van der Waals surface area contributed by atoms with E-state index in [9.17, 15) is 0 Å². The van der Waals surface area contributed by atoms with Crippen molar-refractivity contribution in [3.05, 3.63) is 0 Å². The zero-order valence-electron chi connectivity index (χ0n) is 8.89. The molecule has 0 aliphatic carbocycles. The molecule has 0 aromatic rings. The molecule has 13 heavy (non-hydrogen) atoms. The fourth-order valence-corrected chi connectivity index (χ4v) is 1.42. The lowest BCUT2D eigenvalue weighted by Gasteiger charge is -2.08. The Hall–Kier alpha value is -0.480. The maximum absolute atomic E-state index is 5.88. The molecule has 0 heterocycles. The van der Waals surface area contributed by atoms with E-state index in [1.807, 2.05) is 0 Å². The van der Waals surface area contributed by atoms with Crippen molar-refractivity contribution in [1.29, 1.82) is 0 Å². The van der Waals surface area contributed by atoms with Crippen LogP contribution in [0.5, 0.6) is 0 Å². The summed E-state index contributed by atoms with van der Waals surface area (Å²) in [6.07, 6.45) is 14.8. The van der Waals surface area contributed by atoms with Gasteiger partial charge in [0.05, 0.1) is 0 Å². The Morgan fingerprint density at radius 2 is 1.85 bits per heavy atom. The van der Waals surface area contributed by atoms with Gasteiger partial charge in [-0.1, -0.05) is 39.0 Å². The lowest BCUT2D eigenvalue weighted by molar-refractivity contribution is 0.521. The van der Waals surface area contributed by atoms with Crippen molar-refractivity contribution in [3.63, 3.8) is 0 Å². The molecule has 0 aromatic heterocycles. The van der Waals surface area contributed by atoms with Gasteiger partial charge in [0.25, 0.3) is 0 Å². The molecule has 0 radical (unpaired) electrons. The summed E-state index contributed by atoms with van der Waals surface area (Å²) in [6.45, 7) is 2.23. The average molecular weight is 181 g/mol. The van der Waals surface area contributed by atoms with E-state index in [-0.39, 0.29) is 0 Å². The van der Waals surface area contributed by atoms with Gasteiger partial charge in [-0.3, -0.25) is 0 Å². The molecule has 2 N–H and O–H groups in total. The summed E-state index contributed by atoms with van der Waals surface area (Å²) in [7, 11) is 0. The highest BCUT2D eigenvalue weighted by molar-refractivity contribution is 4.84. The summed E-state index contributed by atoms with van der Waals surface area (Å²) < 4.78 is 0. The van der Waals surface area contributed by atoms with Crippen molar-refractivity contribution < 1.29 is 0 Å². The van der Waals surface area contributed by atoms with Crippen LogP contribution >= 0.6 is 0 Å². The molecule has 0 fully saturated rings. The van der Waals surface area contributed by atoms with Gasteiger partial charge in [-0.2, -0.15) is 0 Å². The molecule has 0 aliphatic heterocycles. The van der Waals surface area contributed by atoms with Gasteiger partial charge in [-0.15, -0.1) is 12.3 Å². The number of nitrogens with two attached hydrogens (primary N) is 1. The standard InChI is InChI=1S/C12H23N/c1-3-5-7-8-9-11-12(13)10-6-4-2/h2,12H,3,5-11,13H2,1H3. The van der Waals surface area contributed by atoms with Crippen LogP contribution in [0.3, 0.4) is 0 Å². The van der Waals surface area contributed by atoms with Gasteiger partial charge >= 0.3 is 0 Å². The fraction of sp³-hybridized carbons (Fsp3) is 0.833. The zero-order valence-corrected chi connectivity index (χ0v) is 8.89. The van der Waals surface area contributed by atoms with Gasteiger partial charge in [0.1, 0.15) is 0 Å². The molecular weight excluding hydrogens is 158 g/mol. The van der Waals surface area contributed by atoms with E-state index in [4.69, 9.17) is 12.2 Å². The molecule has 0 spiro atoms. The Balaban J connectivity index is 3.08. The predicted molar refractivity (Wildman–Crippen MR) is 59.4 cm³/mol. The fourth-order valence-electron chi connectivity index (χ4n) is 1.42. The van der Waals surface area contributed by atoms with Crippen LogP contribution in [0.25, 0.3) is 0 Å². The molecule has 0 bridgehead atoms. The molecule has 0 rings (SSSR count). The molecule has 1 unspecified atom stereocenters. The minimum atomic E-state index is 0.331. The summed E-state index contributed by atoms with van der Waals surface area (Å²) in [6, 6.07) is 0.331. The Labute approximate surface area is 83.1 Å². The number of unbranched alkanes of at least 4 members (excludes halogenated alkanes) is 4. The van der Waals surface area contributed by atoms with E-state index in [0.717, 1.165) is 19.3 Å². The van der Waals surface area contributed by atoms with Crippen LogP contribution < -0.4 is 5.73 Å². The maximum Gasteiger partial charge on any atom is 0.0101 e. The van der Waals surface area contributed by atoms with E-state index in [1.54, 1.807) is 0 Å². The first-order valence-corrected chi connectivity index (χ1v) is 5.50. The third kappa shape index (κ3) is 9.43. The van der Waals surface area contributed by atoms with E-state index < -0.39 is 0 Å². The Morgan fingerprint density at radius 3 is 2.46 bits per heavy atom. The van der Waals surface area contributed by atoms with Crippen LogP contribution in [-0.2, 0) is 0 Å². The van der Waals surface area contributed by atoms with Crippen molar-refractivity contribution in [2.45, 2.75) is 64.3 Å². The van der Waals surface area contributed by atoms with Crippen molar-refractivity contribution in [3.8, 4) is 12.3 Å². The lowest BCUT2D eigenvalue weighted by atomic mass is 10.0. The largest absolute Gasteiger partial charge is 0.328 e. The minimum Gasteiger partial charge on any atom is -0.328 e. The van der Waals surface area contributed by atoms with Crippen LogP contribution in [0.15, 0.2) is 0 Å². The number of hydrogen-bond donors (Lipinski definition) is 1. The number of terminal acetylenes is 1. The Bertz CT molecular complexity index is 135. The lowest BCUT2D eigenvalue weighted by Crippen LogP contribution is -2.19. The second-order valence-corrected chi connectivity index (χ2v) is 3.71. The first-order valence-electron chi connectivity index (χ1n) is 5.50. The minimum absolute atomic E-state index is 0.331. The van der Waals surface area contributed by atoms with E-state index >= 15 is 0 Å². The van der Waals surface area contributed by atoms with Gasteiger partial charge in [-0.05, 0) is 12.8 Å². The van der Waals surface area contributed by atoms with E-state index in [0.29, 0.717) is 6.04 Å². The van der Waals surface area contributed by atoms with Crippen LogP contribution in [0, 0.1) is 12.3 Å². The van der Waals surface area contributed by atoms with Gasteiger partial charge < -0.3 is 5.73 Å². The first-order chi connectivity index (χ1) is 6.31. The van der Waals surface area contributed by atoms with Crippen molar-refractivity contribution in [2.75, 3.05) is 0 Å². The predicted octanol–water partition coefficient (Wildman–Crippen LogP) is 3.09. The van der Waals surface area contributed by atoms with Gasteiger partial charge in [0, 0.05) is 12.5 Å². The third-order valence-electron chi connectivity index (χ3n) is 2.34. The molecule has 1 heteroatoms. The normalized spacial score (nSPS) is 12.4. The second kappa shape index (κ2) is 9.61. The number of hydrogen-bond acceptors (Lipinski definition) is 1. The molecule has 1 atom stereocenters. The quantitative estimate of drug-likeness (QED) is 0.452.